The normalized spacial score (nSPS) is 15.7. The summed E-state index contributed by atoms with van der Waals surface area (Å²) in [6.07, 6.45) is -0.605. The summed E-state index contributed by atoms with van der Waals surface area (Å²) in [5.41, 5.74) is 0.0270. The molecule has 0 aliphatic carbocycles. The van der Waals surface area contributed by atoms with Crippen LogP contribution in [0.1, 0.15) is 28.8 Å². The van der Waals surface area contributed by atoms with Gasteiger partial charge >= 0.3 is 6.18 Å². The zero-order valence-corrected chi connectivity index (χ0v) is 13.8. The summed E-state index contributed by atoms with van der Waals surface area (Å²) in [5.74, 6) is -0.675. The number of halogens is 3. The van der Waals surface area contributed by atoms with Gasteiger partial charge in [-0.1, -0.05) is 0 Å². The van der Waals surface area contributed by atoms with Crippen LogP contribution < -0.4 is 5.32 Å². The minimum absolute atomic E-state index is 0.139. The number of nitrogens with zero attached hydrogens (tertiary/aromatic N) is 1. The van der Waals surface area contributed by atoms with Gasteiger partial charge in [0.2, 0.25) is 5.91 Å². The third-order valence-electron chi connectivity index (χ3n) is 4.40. The molecule has 0 unspecified atom stereocenters. The predicted molar refractivity (Wildman–Crippen MR) is 87.4 cm³/mol. The lowest BCUT2D eigenvalue weighted by atomic mass is 9.95. The Morgan fingerprint density at radius 3 is 2.27 bits per heavy atom. The Balaban J connectivity index is 1.53. The van der Waals surface area contributed by atoms with Crippen molar-refractivity contribution in [2.75, 3.05) is 18.4 Å². The van der Waals surface area contributed by atoms with E-state index in [-0.39, 0.29) is 17.7 Å². The average molecular weight is 366 g/mol. The molecule has 1 N–H and O–H groups in total. The van der Waals surface area contributed by atoms with Crippen LogP contribution >= 0.6 is 0 Å². The molecule has 8 heteroatoms. The number of anilines is 1. The van der Waals surface area contributed by atoms with Crippen LogP contribution in [0, 0.1) is 5.92 Å². The van der Waals surface area contributed by atoms with Crippen molar-refractivity contribution in [2.45, 2.75) is 19.0 Å². The number of likely N-dealkylation sites (tertiary alicyclic amines) is 1. The predicted octanol–water partition coefficient (Wildman–Crippen LogP) is 3.79. The Labute approximate surface area is 147 Å². The van der Waals surface area contributed by atoms with Gasteiger partial charge in [-0.25, -0.2) is 0 Å². The van der Waals surface area contributed by atoms with Crippen LogP contribution in [0.25, 0.3) is 0 Å². The van der Waals surface area contributed by atoms with E-state index >= 15 is 0 Å². The number of amides is 2. The highest BCUT2D eigenvalue weighted by atomic mass is 19.4. The van der Waals surface area contributed by atoms with Crippen molar-refractivity contribution in [3.63, 3.8) is 0 Å². The molecule has 26 heavy (non-hydrogen) atoms. The highest BCUT2D eigenvalue weighted by Gasteiger charge is 2.31. The number of benzene rings is 1. The number of hydrogen-bond acceptors (Lipinski definition) is 3. The number of alkyl halides is 3. The second-order valence-electron chi connectivity index (χ2n) is 6.14. The van der Waals surface area contributed by atoms with E-state index in [1.807, 2.05) is 0 Å². The molecule has 0 spiro atoms. The Morgan fingerprint density at radius 1 is 1.08 bits per heavy atom. The standard InChI is InChI=1S/C18H17F3N2O3/c19-18(20,21)14-1-3-15(4-2-14)22-16(24)12-5-8-23(9-6-12)17(25)13-7-10-26-11-13/h1-4,7,10-12H,5-6,8-9H2,(H,22,24). The van der Waals surface area contributed by atoms with E-state index < -0.39 is 11.7 Å². The first kappa shape index (κ1) is 18.0. The number of hydrogen-bond donors (Lipinski definition) is 1. The van der Waals surface area contributed by atoms with Crippen molar-refractivity contribution in [1.82, 2.24) is 4.90 Å². The number of nitrogens with one attached hydrogen (secondary N) is 1. The molecule has 0 atom stereocenters. The highest BCUT2D eigenvalue weighted by molar-refractivity contribution is 5.95. The number of piperidine rings is 1. The lowest BCUT2D eigenvalue weighted by Gasteiger charge is -2.31. The minimum atomic E-state index is -4.41. The van der Waals surface area contributed by atoms with Gasteiger partial charge in [-0.2, -0.15) is 13.2 Å². The molecule has 2 amide bonds. The second-order valence-corrected chi connectivity index (χ2v) is 6.14. The number of carbonyl (C=O) groups excluding carboxylic acids is 2. The first-order valence-electron chi connectivity index (χ1n) is 8.14. The molecular formula is C18H17F3N2O3. The average Bonchev–Trinajstić information content (AvgIpc) is 3.15. The summed E-state index contributed by atoms with van der Waals surface area (Å²) in [6.45, 7) is 0.879. The van der Waals surface area contributed by atoms with E-state index in [1.165, 1.54) is 24.7 Å². The zero-order chi connectivity index (χ0) is 18.7. The van der Waals surface area contributed by atoms with Crippen LogP contribution in [0.4, 0.5) is 18.9 Å². The first-order chi connectivity index (χ1) is 12.3. The molecule has 1 fully saturated rings. The maximum absolute atomic E-state index is 12.6. The Hall–Kier alpha value is -2.77. The summed E-state index contributed by atoms with van der Waals surface area (Å²) in [5, 5.41) is 2.64. The molecule has 1 aromatic heterocycles. The van der Waals surface area contributed by atoms with E-state index in [9.17, 15) is 22.8 Å². The van der Waals surface area contributed by atoms with Crippen LogP contribution in [0.15, 0.2) is 47.3 Å². The SMILES string of the molecule is O=C(Nc1ccc(C(F)(F)F)cc1)C1CCN(C(=O)c2ccoc2)CC1. The molecule has 1 aromatic carbocycles. The summed E-state index contributed by atoms with van der Waals surface area (Å²) in [4.78, 5) is 26.2. The maximum atomic E-state index is 12.6. The summed E-state index contributed by atoms with van der Waals surface area (Å²) < 4.78 is 42.6. The molecule has 1 aliphatic rings. The maximum Gasteiger partial charge on any atom is 0.416 e. The van der Waals surface area contributed by atoms with Crippen LogP contribution in [0.3, 0.4) is 0 Å². The number of furan rings is 1. The third kappa shape index (κ3) is 4.07. The lowest BCUT2D eigenvalue weighted by molar-refractivity contribution is -0.137. The number of rotatable bonds is 3. The molecule has 0 bridgehead atoms. The van der Waals surface area contributed by atoms with Gasteiger partial charge < -0.3 is 14.6 Å². The van der Waals surface area contributed by atoms with Gasteiger partial charge in [-0.05, 0) is 43.2 Å². The lowest BCUT2D eigenvalue weighted by Crippen LogP contribution is -2.41. The van der Waals surface area contributed by atoms with Gasteiger partial charge in [-0.3, -0.25) is 9.59 Å². The van der Waals surface area contributed by atoms with Crippen LogP contribution in [-0.2, 0) is 11.0 Å². The molecular weight excluding hydrogens is 349 g/mol. The molecule has 5 nitrogen and oxygen atoms in total. The van der Waals surface area contributed by atoms with Crippen molar-refractivity contribution < 1.29 is 27.2 Å². The summed E-state index contributed by atoms with van der Waals surface area (Å²) >= 11 is 0. The monoisotopic (exact) mass is 366 g/mol. The van der Waals surface area contributed by atoms with Gasteiger partial charge in [0, 0.05) is 24.7 Å². The second kappa shape index (κ2) is 7.23. The molecule has 1 aliphatic heterocycles. The van der Waals surface area contributed by atoms with Gasteiger partial charge in [0.15, 0.2) is 0 Å². The van der Waals surface area contributed by atoms with Gasteiger partial charge in [0.05, 0.1) is 17.4 Å². The number of carbonyl (C=O) groups is 2. The fraction of sp³-hybridized carbons (Fsp3) is 0.333. The van der Waals surface area contributed by atoms with Gasteiger partial charge in [-0.15, -0.1) is 0 Å². The van der Waals surface area contributed by atoms with Crippen LogP contribution in [0.2, 0.25) is 0 Å². The van der Waals surface area contributed by atoms with Gasteiger partial charge in [0.1, 0.15) is 6.26 Å². The fourth-order valence-electron chi connectivity index (χ4n) is 2.90. The smallest absolute Gasteiger partial charge is 0.416 e. The molecule has 0 radical (unpaired) electrons. The van der Waals surface area contributed by atoms with E-state index in [2.05, 4.69) is 5.32 Å². The first-order valence-corrected chi connectivity index (χ1v) is 8.14. The zero-order valence-electron chi connectivity index (χ0n) is 13.8. The molecule has 1 saturated heterocycles. The highest BCUT2D eigenvalue weighted by Crippen LogP contribution is 2.30. The minimum Gasteiger partial charge on any atom is -0.472 e. The summed E-state index contributed by atoms with van der Waals surface area (Å²) in [6, 6.07) is 5.92. The van der Waals surface area contributed by atoms with Crippen molar-refractivity contribution in [1.29, 1.82) is 0 Å². The van der Waals surface area contributed by atoms with E-state index in [4.69, 9.17) is 4.42 Å². The molecule has 138 valence electrons. The third-order valence-corrected chi connectivity index (χ3v) is 4.40. The van der Waals surface area contributed by atoms with Crippen molar-refractivity contribution in [3.05, 3.63) is 54.0 Å². The Kier molecular flexibility index (Phi) is 5.01. The van der Waals surface area contributed by atoms with Crippen molar-refractivity contribution in [3.8, 4) is 0 Å². The topological polar surface area (TPSA) is 62.6 Å². The molecule has 2 aromatic rings. The van der Waals surface area contributed by atoms with Gasteiger partial charge in [0.25, 0.3) is 5.91 Å². The van der Waals surface area contributed by atoms with E-state index in [0.717, 1.165) is 12.1 Å². The molecule has 3 rings (SSSR count). The molecule has 0 saturated carbocycles. The summed E-state index contributed by atoms with van der Waals surface area (Å²) in [7, 11) is 0. The Bertz CT molecular complexity index is 762. The van der Waals surface area contributed by atoms with Crippen LogP contribution in [0.5, 0.6) is 0 Å². The molecule has 2 heterocycles. The van der Waals surface area contributed by atoms with E-state index in [1.54, 1.807) is 11.0 Å². The largest absolute Gasteiger partial charge is 0.472 e. The van der Waals surface area contributed by atoms with E-state index in [0.29, 0.717) is 37.2 Å². The van der Waals surface area contributed by atoms with Crippen molar-refractivity contribution in [2.24, 2.45) is 5.92 Å². The van der Waals surface area contributed by atoms with Crippen molar-refractivity contribution >= 4 is 17.5 Å². The van der Waals surface area contributed by atoms with Crippen LogP contribution in [-0.4, -0.2) is 29.8 Å². The fourth-order valence-corrected chi connectivity index (χ4v) is 2.90. The quantitative estimate of drug-likeness (QED) is 0.899. The Morgan fingerprint density at radius 2 is 1.73 bits per heavy atom.